The van der Waals surface area contributed by atoms with E-state index in [0.29, 0.717) is 30.0 Å². The number of hydrogen-bond donors (Lipinski definition) is 3. The van der Waals surface area contributed by atoms with Gasteiger partial charge in [-0.25, -0.2) is 0 Å². The maximum Gasteiger partial charge on any atom is 0.141 e. The molecule has 0 saturated heterocycles. The maximum absolute atomic E-state index is 10.0. The summed E-state index contributed by atoms with van der Waals surface area (Å²) >= 11 is 0. The molecule has 0 aliphatic rings. The third kappa shape index (κ3) is 4.45. The van der Waals surface area contributed by atoms with Gasteiger partial charge in [-0.15, -0.1) is 0 Å². The molecule has 5 nitrogen and oxygen atoms in total. The minimum atomic E-state index is -0.124. The molecule has 0 radical (unpaired) electrons. The monoisotopic (exact) mass is 268 g/mol. The van der Waals surface area contributed by atoms with E-state index in [4.69, 9.17) is 4.74 Å². The van der Waals surface area contributed by atoms with Crippen LogP contribution in [-0.2, 0) is 17.9 Å². The van der Waals surface area contributed by atoms with Gasteiger partial charge in [-0.1, -0.05) is 13.3 Å². The zero-order valence-electron chi connectivity index (χ0n) is 11.9. The van der Waals surface area contributed by atoms with Gasteiger partial charge in [-0.3, -0.25) is 4.98 Å². The first kappa shape index (κ1) is 15.9. The van der Waals surface area contributed by atoms with Crippen molar-refractivity contribution in [3.05, 3.63) is 23.0 Å². The molecule has 1 unspecified atom stereocenters. The summed E-state index contributed by atoms with van der Waals surface area (Å²) in [7, 11) is 1.68. The fourth-order valence-corrected chi connectivity index (χ4v) is 2.06. The van der Waals surface area contributed by atoms with Crippen LogP contribution in [0.5, 0.6) is 5.75 Å². The van der Waals surface area contributed by atoms with Gasteiger partial charge >= 0.3 is 0 Å². The Morgan fingerprint density at radius 3 is 2.79 bits per heavy atom. The fourth-order valence-electron chi connectivity index (χ4n) is 2.06. The molecule has 19 heavy (non-hydrogen) atoms. The second kappa shape index (κ2) is 8.09. The molecular formula is C14H24N2O3. The van der Waals surface area contributed by atoms with Crippen molar-refractivity contribution < 1.29 is 14.9 Å². The van der Waals surface area contributed by atoms with Gasteiger partial charge in [0.15, 0.2) is 0 Å². The Kier molecular flexibility index (Phi) is 6.77. The van der Waals surface area contributed by atoms with Crippen molar-refractivity contribution in [2.45, 2.75) is 45.9 Å². The number of ether oxygens (including phenoxy) is 1. The van der Waals surface area contributed by atoms with Crippen molar-refractivity contribution in [3.8, 4) is 5.75 Å². The highest BCUT2D eigenvalue weighted by Crippen LogP contribution is 2.23. The highest BCUT2D eigenvalue weighted by molar-refractivity contribution is 5.40. The van der Waals surface area contributed by atoms with Crippen LogP contribution in [0.1, 0.15) is 36.6 Å². The number of nitrogens with one attached hydrogen (secondary N) is 1. The first-order valence-electron chi connectivity index (χ1n) is 6.63. The Morgan fingerprint density at radius 1 is 1.47 bits per heavy atom. The Bertz CT molecular complexity index is 391. The molecule has 0 saturated carbocycles. The minimum absolute atomic E-state index is 0.124. The second-order valence-electron chi connectivity index (χ2n) is 4.68. The van der Waals surface area contributed by atoms with E-state index >= 15 is 0 Å². The number of rotatable bonds is 8. The average Bonchev–Trinajstić information content (AvgIpc) is 2.40. The zero-order valence-corrected chi connectivity index (χ0v) is 11.9. The summed E-state index contributed by atoms with van der Waals surface area (Å²) in [6, 6.07) is 0.245. The van der Waals surface area contributed by atoms with Crippen molar-refractivity contribution in [3.63, 3.8) is 0 Å². The number of aliphatic hydroxyl groups is 1. The first-order valence-corrected chi connectivity index (χ1v) is 6.63. The van der Waals surface area contributed by atoms with E-state index in [9.17, 15) is 10.2 Å². The number of nitrogens with zero attached hydrogens (tertiary/aromatic N) is 1. The van der Waals surface area contributed by atoms with Crippen molar-refractivity contribution >= 4 is 0 Å². The molecule has 1 aromatic rings. The molecule has 1 rings (SSSR count). The van der Waals surface area contributed by atoms with Crippen LogP contribution in [0, 0.1) is 6.92 Å². The average molecular weight is 268 g/mol. The largest absolute Gasteiger partial charge is 0.506 e. The van der Waals surface area contributed by atoms with Crippen LogP contribution < -0.4 is 5.32 Å². The number of aromatic nitrogens is 1. The third-order valence-electron chi connectivity index (χ3n) is 3.17. The van der Waals surface area contributed by atoms with E-state index in [1.54, 1.807) is 20.2 Å². The van der Waals surface area contributed by atoms with Crippen LogP contribution in [0.25, 0.3) is 0 Å². The number of hydrogen-bond acceptors (Lipinski definition) is 5. The first-order chi connectivity index (χ1) is 9.13. The van der Waals surface area contributed by atoms with E-state index in [1.165, 1.54) is 0 Å². The van der Waals surface area contributed by atoms with Gasteiger partial charge in [-0.05, 0) is 13.3 Å². The molecule has 0 aliphatic carbocycles. The number of aromatic hydroxyl groups is 1. The lowest BCUT2D eigenvalue weighted by Gasteiger charge is -2.19. The lowest BCUT2D eigenvalue weighted by molar-refractivity contribution is 0.161. The van der Waals surface area contributed by atoms with Crippen molar-refractivity contribution in [2.75, 3.05) is 13.7 Å². The summed E-state index contributed by atoms with van der Waals surface area (Å²) < 4.78 is 5.17. The summed E-state index contributed by atoms with van der Waals surface area (Å²) in [6.45, 7) is 4.88. The van der Waals surface area contributed by atoms with Crippen LogP contribution in [0.4, 0.5) is 0 Å². The Labute approximate surface area is 114 Å². The van der Waals surface area contributed by atoms with Crippen molar-refractivity contribution in [2.24, 2.45) is 0 Å². The van der Waals surface area contributed by atoms with Crippen LogP contribution in [0.15, 0.2) is 6.20 Å². The summed E-state index contributed by atoms with van der Waals surface area (Å²) in [4.78, 5) is 4.05. The fraction of sp³-hybridized carbons (Fsp3) is 0.643. The van der Waals surface area contributed by atoms with Gasteiger partial charge in [0.2, 0.25) is 0 Å². The molecule has 1 atom stereocenters. The number of aliphatic hydroxyl groups excluding tert-OH is 1. The van der Waals surface area contributed by atoms with Gasteiger partial charge in [0.05, 0.1) is 18.9 Å². The van der Waals surface area contributed by atoms with Gasteiger partial charge in [-0.2, -0.15) is 0 Å². The van der Waals surface area contributed by atoms with E-state index in [-0.39, 0.29) is 18.4 Å². The van der Waals surface area contributed by atoms with Gasteiger partial charge in [0.1, 0.15) is 5.75 Å². The highest BCUT2D eigenvalue weighted by Gasteiger charge is 2.13. The zero-order chi connectivity index (χ0) is 14.3. The molecule has 5 heteroatoms. The van der Waals surface area contributed by atoms with E-state index in [0.717, 1.165) is 12.8 Å². The van der Waals surface area contributed by atoms with E-state index < -0.39 is 0 Å². The SMILES string of the molecule is CCCC(COC)NCc1c(CO)cnc(C)c1O. The topological polar surface area (TPSA) is 74.6 Å². The third-order valence-corrected chi connectivity index (χ3v) is 3.17. The molecule has 108 valence electrons. The quantitative estimate of drug-likeness (QED) is 0.666. The molecule has 0 bridgehead atoms. The molecule has 0 aliphatic heterocycles. The van der Waals surface area contributed by atoms with Crippen LogP contribution >= 0.6 is 0 Å². The summed E-state index contributed by atoms with van der Waals surface area (Å²) in [5.41, 5.74) is 1.95. The molecule has 1 heterocycles. The van der Waals surface area contributed by atoms with E-state index in [2.05, 4.69) is 17.2 Å². The Morgan fingerprint density at radius 2 is 2.21 bits per heavy atom. The molecular weight excluding hydrogens is 244 g/mol. The molecule has 0 fully saturated rings. The predicted molar refractivity (Wildman–Crippen MR) is 74.0 cm³/mol. The van der Waals surface area contributed by atoms with Gasteiger partial charge in [0, 0.05) is 37.0 Å². The smallest absolute Gasteiger partial charge is 0.141 e. The lowest BCUT2D eigenvalue weighted by Crippen LogP contribution is -2.33. The number of methoxy groups -OCH3 is 1. The molecule has 1 aromatic heterocycles. The molecule has 0 aromatic carbocycles. The van der Waals surface area contributed by atoms with Crippen molar-refractivity contribution in [1.82, 2.24) is 10.3 Å². The minimum Gasteiger partial charge on any atom is -0.506 e. The number of aryl methyl sites for hydroxylation is 1. The summed E-state index contributed by atoms with van der Waals surface area (Å²) in [5.74, 6) is 0.159. The van der Waals surface area contributed by atoms with Crippen molar-refractivity contribution in [1.29, 1.82) is 0 Å². The van der Waals surface area contributed by atoms with E-state index in [1.807, 2.05) is 0 Å². The summed E-state index contributed by atoms with van der Waals surface area (Å²) in [5, 5.41) is 22.7. The molecule has 0 spiro atoms. The van der Waals surface area contributed by atoms with Crippen LogP contribution in [-0.4, -0.2) is 35.0 Å². The number of pyridine rings is 1. The Balaban J connectivity index is 2.77. The molecule has 0 amide bonds. The Hall–Kier alpha value is -1.17. The highest BCUT2D eigenvalue weighted by atomic mass is 16.5. The predicted octanol–water partition coefficient (Wildman–Crippen LogP) is 1.49. The van der Waals surface area contributed by atoms with Crippen LogP contribution in [0.3, 0.4) is 0 Å². The molecule has 3 N–H and O–H groups in total. The normalized spacial score (nSPS) is 12.6. The van der Waals surface area contributed by atoms with Crippen LogP contribution in [0.2, 0.25) is 0 Å². The lowest BCUT2D eigenvalue weighted by atomic mass is 10.1. The van der Waals surface area contributed by atoms with Gasteiger partial charge < -0.3 is 20.3 Å². The summed E-state index contributed by atoms with van der Waals surface area (Å²) in [6.07, 6.45) is 3.68. The van der Waals surface area contributed by atoms with Gasteiger partial charge in [0.25, 0.3) is 0 Å². The standard InChI is InChI=1S/C14H24N2O3/c1-4-5-12(9-19-3)16-7-13-11(8-17)6-15-10(2)14(13)18/h6,12,16-18H,4-5,7-9H2,1-3H3. The maximum atomic E-state index is 10.0. The second-order valence-corrected chi connectivity index (χ2v) is 4.68.